The number of carbonyl (C=O) groups is 2. The molecule has 0 aromatic heterocycles. The van der Waals surface area contributed by atoms with E-state index in [2.05, 4.69) is 15.9 Å². The first-order chi connectivity index (χ1) is 8.11. The molecule has 0 spiro atoms. The molecule has 0 saturated carbocycles. The fourth-order valence-electron chi connectivity index (χ4n) is 1.47. The van der Waals surface area contributed by atoms with Gasteiger partial charge in [-0.25, -0.2) is 4.79 Å². The van der Waals surface area contributed by atoms with Gasteiger partial charge in [-0.1, -0.05) is 22.0 Å². The number of halogens is 1. The summed E-state index contributed by atoms with van der Waals surface area (Å²) < 4.78 is 4.89. The predicted octanol–water partition coefficient (Wildman–Crippen LogP) is 2.41. The molecule has 2 N–H and O–H groups in total. The maximum absolute atomic E-state index is 11.9. The maximum Gasteiger partial charge on any atom is 0.338 e. The van der Waals surface area contributed by atoms with Gasteiger partial charge in [0.05, 0.1) is 17.7 Å². The molecule has 1 aromatic rings. The Morgan fingerprint density at radius 1 is 1.41 bits per heavy atom. The van der Waals surface area contributed by atoms with Crippen LogP contribution >= 0.6 is 15.9 Å². The highest BCUT2D eigenvalue weighted by Gasteiger charge is 2.19. The van der Waals surface area contributed by atoms with E-state index in [-0.39, 0.29) is 23.5 Å². The zero-order valence-electron chi connectivity index (χ0n) is 9.53. The average Bonchev–Trinajstić information content (AvgIpc) is 2.29. The number of carbonyl (C=O) groups excluding carboxylic acids is 2. The number of ether oxygens (including phenoxy) is 1. The van der Waals surface area contributed by atoms with Crippen LogP contribution in [0.25, 0.3) is 0 Å². The lowest BCUT2D eigenvalue weighted by Gasteiger charge is -2.09. The summed E-state index contributed by atoms with van der Waals surface area (Å²) >= 11 is 3.19. The van der Waals surface area contributed by atoms with E-state index in [1.807, 2.05) is 0 Å². The number of esters is 1. The normalized spacial score (nSPS) is 10.0. The van der Waals surface area contributed by atoms with Gasteiger partial charge >= 0.3 is 5.97 Å². The average molecular weight is 300 g/mol. The Morgan fingerprint density at radius 2 is 2.12 bits per heavy atom. The number of nitrogen functional groups attached to an aromatic ring is 1. The Kier molecular flexibility index (Phi) is 5.15. The van der Waals surface area contributed by atoms with Crippen molar-refractivity contribution in [1.29, 1.82) is 0 Å². The fraction of sp³-hybridized carbons (Fsp3) is 0.333. The third-order valence-electron chi connectivity index (χ3n) is 2.19. The van der Waals surface area contributed by atoms with Crippen molar-refractivity contribution in [1.82, 2.24) is 0 Å². The number of hydrogen-bond acceptors (Lipinski definition) is 4. The highest BCUT2D eigenvalue weighted by Crippen LogP contribution is 2.20. The minimum Gasteiger partial charge on any atom is -0.462 e. The van der Waals surface area contributed by atoms with Crippen molar-refractivity contribution < 1.29 is 14.3 Å². The molecule has 0 atom stereocenters. The number of benzene rings is 1. The summed E-state index contributed by atoms with van der Waals surface area (Å²) in [5, 5.41) is 0.530. The molecule has 17 heavy (non-hydrogen) atoms. The molecule has 1 aromatic carbocycles. The van der Waals surface area contributed by atoms with Gasteiger partial charge < -0.3 is 10.5 Å². The van der Waals surface area contributed by atoms with E-state index >= 15 is 0 Å². The van der Waals surface area contributed by atoms with Crippen LogP contribution in [0.2, 0.25) is 0 Å². The summed E-state index contributed by atoms with van der Waals surface area (Å²) in [6.07, 6.45) is 0.292. The molecule has 0 bridgehead atoms. The van der Waals surface area contributed by atoms with E-state index in [1.165, 1.54) is 0 Å². The lowest BCUT2D eigenvalue weighted by Crippen LogP contribution is -2.14. The van der Waals surface area contributed by atoms with Crippen molar-refractivity contribution in [2.24, 2.45) is 0 Å². The second kappa shape index (κ2) is 6.39. The lowest BCUT2D eigenvalue weighted by molar-refractivity contribution is 0.0523. The number of nitrogens with two attached hydrogens (primary N) is 1. The number of hydrogen-bond donors (Lipinski definition) is 1. The Labute approximate surface area is 108 Å². The minimum absolute atomic E-state index is 0.164. The highest BCUT2D eigenvalue weighted by atomic mass is 79.9. The van der Waals surface area contributed by atoms with Gasteiger partial charge in [0.25, 0.3) is 0 Å². The van der Waals surface area contributed by atoms with Gasteiger partial charge in [-0.05, 0) is 19.1 Å². The van der Waals surface area contributed by atoms with Crippen LogP contribution in [0.15, 0.2) is 18.2 Å². The van der Waals surface area contributed by atoms with E-state index in [0.717, 1.165) is 0 Å². The summed E-state index contributed by atoms with van der Waals surface area (Å²) in [5.74, 6) is -0.680. The topological polar surface area (TPSA) is 69.4 Å². The summed E-state index contributed by atoms with van der Waals surface area (Å²) in [6, 6.07) is 4.78. The standard InChI is InChI=1S/C12H14BrNO3/c1-2-17-12(16)8-4-3-5-9(14)11(8)10(15)6-7-13/h3-5H,2,6-7,14H2,1H3. The van der Waals surface area contributed by atoms with Gasteiger partial charge in [0, 0.05) is 17.4 Å². The molecule has 0 aliphatic heterocycles. The Balaban J connectivity index is 3.17. The van der Waals surface area contributed by atoms with Gasteiger partial charge in [-0.2, -0.15) is 0 Å². The molecule has 0 aliphatic rings. The summed E-state index contributed by atoms with van der Waals surface area (Å²) in [5.41, 5.74) is 6.54. The maximum atomic E-state index is 11.9. The van der Waals surface area contributed by atoms with Crippen molar-refractivity contribution in [3.63, 3.8) is 0 Å². The molecule has 4 nitrogen and oxygen atoms in total. The predicted molar refractivity (Wildman–Crippen MR) is 69.6 cm³/mol. The molecule has 0 amide bonds. The quantitative estimate of drug-likeness (QED) is 0.392. The summed E-state index contributed by atoms with van der Waals surface area (Å²) in [4.78, 5) is 23.6. The largest absolute Gasteiger partial charge is 0.462 e. The van der Waals surface area contributed by atoms with Crippen molar-refractivity contribution >= 4 is 33.4 Å². The molecule has 0 radical (unpaired) electrons. The van der Waals surface area contributed by atoms with Crippen molar-refractivity contribution in [3.8, 4) is 0 Å². The Morgan fingerprint density at radius 3 is 2.71 bits per heavy atom. The summed E-state index contributed by atoms with van der Waals surface area (Å²) in [7, 11) is 0. The first-order valence-electron chi connectivity index (χ1n) is 5.26. The van der Waals surface area contributed by atoms with Crippen LogP contribution in [0.3, 0.4) is 0 Å². The van der Waals surface area contributed by atoms with Gasteiger partial charge in [0.15, 0.2) is 5.78 Å². The van der Waals surface area contributed by atoms with E-state index in [1.54, 1.807) is 25.1 Å². The number of anilines is 1. The molecule has 0 heterocycles. The SMILES string of the molecule is CCOC(=O)c1cccc(N)c1C(=O)CCBr. The van der Waals surface area contributed by atoms with Crippen LogP contribution < -0.4 is 5.73 Å². The van der Waals surface area contributed by atoms with E-state index in [4.69, 9.17) is 10.5 Å². The number of Topliss-reactive ketones (excluding diaryl/α,β-unsaturated/α-hetero) is 1. The molecular formula is C12H14BrNO3. The van der Waals surface area contributed by atoms with E-state index < -0.39 is 5.97 Å². The third kappa shape index (κ3) is 3.30. The van der Waals surface area contributed by atoms with Crippen molar-refractivity contribution in [3.05, 3.63) is 29.3 Å². The van der Waals surface area contributed by atoms with Crippen LogP contribution in [-0.4, -0.2) is 23.7 Å². The molecular weight excluding hydrogens is 286 g/mol. The molecule has 0 aliphatic carbocycles. The fourth-order valence-corrected chi connectivity index (χ4v) is 1.83. The van der Waals surface area contributed by atoms with Crippen molar-refractivity contribution in [2.75, 3.05) is 17.7 Å². The van der Waals surface area contributed by atoms with Gasteiger partial charge in [0.1, 0.15) is 0 Å². The van der Waals surface area contributed by atoms with Gasteiger partial charge in [-0.3, -0.25) is 4.79 Å². The third-order valence-corrected chi connectivity index (χ3v) is 2.59. The zero-order valence-corrected chi connectivity index (χ0v) is 11.1. The minimum atomic E-state index is -0.516. The van der Waals surface area contributed by atoms with Gasteiger partial charge in [-0.15, -0.1) is 0 Å². The monoisotopic (exact) mass is 299 g/mol. The lowest BCUT2D eigenvalue weighted by atomic mass is 10.00. The van der Waals surface area contributed by atoms with Gasteiger partial charge in [0.2, 0.25) is 0 Å². The van der Waals surface area contributed by atoms with Crippen LogP contribution in [0.4, 0.5) is 5.69 Å². The second-order valence-electron chi connectivity index (χ2n) is 3.35. The molecule has 1 rings (SSSR count). The first kappa shape index (κ1) is 13.7. The Hall–Kier alpha value is -1.36. The number of ketones is 1. The molecule has 0 fully saturated rings. The second-order valence-corrected chi connectivity index (χ2v) is 4.15. The smallest absolute Gasteiger partial charge is 0.338 e. The number of rotatable bonds is 5. The number of alkyl halides is 1. The molecule has 0 saturated heterocycles. The molecule has 5 heteroatoms. The summed E-state index contributed by atoms with van der Waals surface area (Å²) in [6.45, 7) is 1.98. The zero-order chi connectivity index (χ0) is 12.8. The van der Waals surface area contributed by atoms with Crippen LogP contribution in [-0.2, 0) is 4.74 Å². The van der Waals surface area contributed by atoms with Crippen LogP contribution in [0.1, 0.15) is 34.1 Å². The highest BCUT2D eigenvalue weighted by molar-refractivity contribution is 9.09. The van der Waals surface area contributed by atoms with Crippen LogP contribution in [0.5, 0.6) is 0 Å². The van der Waals surface area contributed by atoms with E-state index in [0.29, 0.717) is 17.4 Å². The first-order valence-corrected chi connectivity index (χ1v) is 6.38. The van der Waals surface area contributed by atoms with Crippen molar-refractivity contribution in [2.45, 2.75) is 13.3 Å². The Bertz CT molecular complexity index is 432. The molecule has 92 valence electrons. The van der Waals surface area contributed by atoms with E-state index in [9.17, 15) is 9.59 Å². The van der Waals surface area contributed by atoms with Crippen LogP contribution in [0, 0.1) is 0 Å². The molecule has 0 unspecified atom stereocenters.